The first kappa shape index (κ1) is 14.0. The highest BCUT2D eigenvalue weighted by Gasteiger charge is 2.06. The van der Waals surface area contributed by atoms with Gasteiger partial charge in [-0.25, -0.2) is 0 Å². The molecule has 3 heteroatoms. The fourth-order valence-corrected chi connectivity index (χ4v) is 1.37. The predicted molar refractivity (Wildman–Crippen MR) is 70.4 cm³/mol. The second-order valence-corrected chi connectivity index (χ2v) is 4.50. The highest BCUT2D eigenvalue weighted by Crippen LogP contribution is 2.11. The standard InChI is InChI=1S/C14H23NO2/c1-4-12(3)15-9-13(16)10-17-14-7-5-11(2)6-8-14/h5-8,12-13,15-16H,4,9-10H2,1-3H3/t12-,13-/m0/s1. The summed E-state index contributed by atoms with van der Waals surface area (Å²) < 4.78 is 5.50. The normalized spacial score (nSPS) is 14.4. The van der Waals surface area contributed by atoms with Crippen molar-refractivity contribution in [3.05, 3.63) is 29.8 Å². The van der Waals surface area contributed by atoms with Gasteiger partial charge in [-0.2, -0.15) is 0 Å². The van der Waals surface area contributed by atoms with Gasteiger partial charge in [-0.05, 0) is 32.4 Å². The molecule has 3 nitrogen and oxygen atoms in total. The second-order valence-electron chi connectivity index (χ2n) is 4.50. The molecule has 0 amide bonds. The lowest BCUT2D eigenvalue weighted by Gasteiger charge is -2.16. The van der Waals surface area contributed by atoms with Gasteiger partial charge in [0.15, 0.2) is 0 Å². The zero-order chi connectivity index (χ0) is 12.7. The molecule has 0 aliphatic heterocycles. The summed E-state index contributed by atoms with van der Waals surface area (Å²) in [5.74, 6) is 0.804. The molecule has 0 bridgehead atoms. The summed E-state index contributed by atoms with van der Waals surface area (Å²) in [6, 6.07) is 8.27. The number of hydrogen-bond donors (Lipinski definition) is 2. The van der Waals surface area contributed by atoms with Crippen LogP contribution in [-0.4, -0.2) is 30.4 Å². The summed E-state index contributed by atoms with van der Waals surface area (Å²) in [7, 11) is 0. The maximum atomic E-state index is 9.72. The number of hydrogen-bond acceptors (Lipinski definition) is 3. The lowest BCUT2D eigenvalue weighted by atomic mass is 10.2. The van der Waals surface area contributed by atoms with Gasteiger partial charge in [-0.3, -0.25) is 0 Å². The Kier molecular flexibility index (Phi) is 6.01. The van der Waals surface area contributed by atoms with Gasteiger partial charge in [0, 0.05) is 12.6 Å². The van der Waals surface area contributed by atoms with Crippen LogP contribution < -0.4 is 10.1 Å². The van der Waals surface area contributed by atoms with Gasteiger partial charge in [0.05, 0.1) is 0 Å². The maximum absolute atomic E-state index is 9.72. The van der Waals surface area contributed by atoms with Crippen molar-refractivity contribution in [2.75, 3.05) is 13.2 Å². The number of benzene rings is 1. The largest absolute Gasteiger partial charge is 0.491 e. The zero-order valence-corrected chi connectivity index (χ0v) is 10.9. The van der Waals surface area contributed by atoms with E-state index in [4.69, 9.17) is 4.74 Å². The van der Waals surface area contributed by atoms with E-state index in [1.165, 1.54) is 5.56 Å². The van der Waals surface area contributed by atoms with Crippen LogP contribution in [0.25, 0.3) is 0 Å². The van der Waals surface area contributed by atoms with Crippen molar-refractivity contribution in [1.29, 1.82) is 0 Å². The van der Waals surface area contributed by atoms with Crippen LogP contribution >= 0.6 is 0 Å². The number of aliphatic hydroxyl groups is 1. The van der Waals surface area contributed by atoms with Crippen molar-refractivity contribution >= 4 is 0 Å². The molecular weight excluding hydrogens is 214 g/mol. The van der Waals surface area contributed by atoms with E-state index in [2.05, 4.69) is 19.2 Å². The first-order valence-corrected chi connectivity index (χ1v) is 6.22. The molecule has 96 valence electrons. The molecule has 0 aromatic heterocycles. The smallest absolute Gasteiger partial charge is 0.119 e. The van der Waals surface area contributed by atoms with E-state index in [9.17, 15) is 5.11 Å². The lowest BCUT2D eigenvalue weighted by Crippen LogP contribution is -2.36. The Labute approximate surface area is 104 Å². The average Bonchev–Trinajstić information content (AvgIpc) is 2.35. The molecule has 0 fully saturated rings. The topological polar surface area (TPSA) is 41.5 Å². The first-order chi connectivity index (χ1) is 8.11. The van der Waals surface area contributed by atoms with Crippen molar-refractivity contribution in [2.45, 2.75) is 39.3 Å². The van der Waals surface area contributed by atoms with Gasteiger partial charge in [-0.15, -0.1) is 0 Å². The molecule has 17 heavy (non-hydrogen) atoms. The minimum atomic E-state index is -0.467. The SMILES string of the molecule is CC[C@H](C)NC[C@H](O)COc1ccc(C)cc1. The van der Waals surface area contributed by atoms with E-state index in [0.717, 1.165) is 12.2 Å². The molecule has 0 saturated heterocycles. The number of aryl methyl sites for hydroxylation is 1. The molecule has 0 aliphatic carbocycles. The van der Waals surface area contributed by atoms with E-state index < -0.39 is 6.10 Å². The van der Waals surface area contributed by atoms with Gasteiger partial charge >= 0.3 is 0 Å². The molecule has 0 spiro atoms. The van der Waals surface area contributed by atoms with Gasteiger partial charge < -0.3 is 15.2 Å². The van der Waals surface area contributed by atoms with Gasteiger partial charge in [0.25, 0.3) is 0 Å². The predicted octanol–water partition coefficient (Wildman–Crippen LogP) is 2.12. The molecule has 0 heterocycles. The Morgan fingerprint density at radius 1 is 1.29 bits per heavy atom. The molecule has 1 rings (SSSR count). The molecular formula is C14H23NO2. The van der Waals surface area contributed by atoms with Crippen LogP contribution in [0.5, 0.6) is 5.75 Å². The summed E-state index contributed by atoms with van der Waals surface area (Å²) in [6.07, 6.45) is 0.594. The fourth-order valence-electron chi connectivity index (χ4n) is 1.37. The third kappa shape index (κ3) is 5.71. The lowest BCUT2D eigenvalue weighted by molar-refractivity contribution is 0.104. The van der Waals surface area contributed by atoms with Crippen molar-refractivity contribution < 1.29 is 9.84 Å². The highest BCUT2D eigenvalue weighted by atomic mass is 16.5. The Morgan fingerprint density at radius 3 is 2.53 bits per heavy atom. The minimum Gasteiger partial charge on any atom is -0.491 e. The maximum Gasteiger partial charge on any atom is 0.119 e. The van der Waals surface area contributed by atoms with Crippen molar-refractivity contribution in [2.24, 2.45) is 0 Å². The molecule has 0 aliphatic rings. The molecule has 1 aromatic rings. The van der Waals surface area contributed by atoms with Crippen LogP contribution in [0.1, 0.15) is 25.8 Å². The monoisotopic (exact) mass is 237 g/mol. The van der Waals surface area contributed by atoms with E-state index >= 15 is 0 Å². The van der Waals surface area contributed by atoms with Gasteiger partial charge in [0.2, 0.25) is 0 Å². The molecule has 0 saturated carbocycles. The van der Waals surface area contributed by atoms with E-state index in [1.54, 1.807) is 0 Å². The number of rotatable bonds is 7. The molecule has 0 radical (unpaired) electrons. The minimum absolute atomic E-state index is 0.326. The third-order valence-electron chi connectivity index (χ3n) is 2.78. The van der Waals surface area contributed by atoms with Crippen LogP contribution in [-0.2, 0) is 0 Å². The Balaban J connectivity index is 2.23. The fraction of sp³-hybridized carbons (Fsp3) is 0.571. The number of aliphatic hydroxyl groups excluding tert-OH is 1. The Hall–Kier alpha value is -1.06. The zero-order valence-electron chi connectivity index (χ0n) is 10.9. The second kappa shape index (κ2) is 7.30. The summed E-state index contributed by atoms with van der Waals surface area (Å²) in [5, 5.41) is 13.0. The molecule has 2 atom stereocenters. The summed E-state index contributed by atoms with van der Waals surface area (Å²) >= 11 is 0. The van der Waals surface area contributed by atoms with Crippen LogP contribution in [0.2, 0.25) is 0 Å². The van der Waals surface area contributed by atoms with Crippen LogP contribution in [0, 0.1) is 6.92 Å². The summed E-state index contributed by atoms with van der Waals surface area (Å²) in [4.78, 5) is 0. The number of ether oxygens (including phenoxy) is 1. The molecule has 2 N–H and O–H groups in total. The highest BCUT2D eigenvalue weighted by molar-refractivity contribution is 5.26. The van der Waals surface area contributed by atoms with E-state index in [1.807, 2.05) is 31.2 Å². The third-order valence-corrected chi connectivity index (χ3v) is 2.78. The summed E-state index contributed by atoms with van der Waals surface area (Å²) in [5.41, 5.74) is 1.20. The van der Waals surface area contributed by atoms with Gasteiger partial charge in [0.1, 0.15) is 18.5 Å². The van der Waals surface area contributed by atoms with Crippen molar-refractivity contribution in [1.82, 2.24) is 5.32 Å². The molecule has 1 aromatic carbocycles. The van der Waals surface area contributed by atoms with Crippen LogP contribution in [0.4, 0.5) is 0 Å². The summed E-state index contributed by atoms with van der Waals surface area (Å²) in [6.45, 7) is 7.16. The number of nitrogens with one attached hydrogen (secondary N) is 1. The Morgan fingerprint density at radius 2 is 1.94 bits per heavy atom. The van der Waals surface area contributed by atoms with Crippen molar-refractivity contribution in [3.8, 4) is 5.75 Å². The van der Waals surface area contributed by atoms with Crippen LogP contribution in [0.3, 0.4) is 0 Å². The van der Waals surface area contributed by atoms with Crippen LogP contribution in [0.15, 0.2) is 24.3 Å². The average molecular weight is 237 g/mol. The quantitative estimate of drug-likeness (QED) is 0.763. The van der Waals surface area contributed by atoms with Crippen molar-refractivity contribution in [3.63, 3.8) is 0 Å². The van der Waals surface area contributed by atoms with E-state index in [-0.39, 0.29) is 0 Å². The first-order valence-electron chi connectivity index (χ1n) is 6.22. The van der Waals surface area contributed by atoms with E-state index in [0.29, 0.717) is 19.2 Å². The molecule has 0 unspecified atom stereocenters. The van der Waals surface area contributed by atoms with Gasteiger partial charge in [-0.1, -0.05) is 24.6 Å². The Bertz CT molecular complexity index is 311.